The molecule has 4 rings (SSSR count). The third-order valence-corrected chi connectivity index (χ3v) is 6.07. The first kappa shape index (κ1) is 22.0. The number of hydrogen-bond donors (Lipinski definition) is 1. The average molecular weight is 439 g/mol. The number of likely N-dealkylation sites (tertiary alicyclic amines) is 1. The normalized spacial score (nSPS) is 17.2. The second-order valence-corrected chi connectivity index (χ2v) is 8.38. The van der Waals surface area contributed by atoms with Gasteiger partial charge in [-0.15, -0.1) is 0 Å². The van der Waals surface area contributed by atoms with Crippen LogP contribution in [-0.4, -0.2) is 43.7 Å². The van der Waals surface area contributed by atoms with Gasteiger partial charge in [0.1, 0.15) is 5.75 Å². The van der Waals surface area contributed by atoms with E-state index in [0.29, 0.717) is 37.6 Å². The summed E-state index contributed by atoms with van der Waals surface area (Å²) in [6.45, 7) is 2.21. The van der Waals surface area contributed by atoms with Gasteiger partial charge < -0.3 is 24.4 Å². The van der Waals surface area contributed by atoms with Gasteiger partial charge in [0, 0.05) is 26.1 Å². The smallest absolute Gasteiger partial charge is 0.231 e. The molecule has 0 saturated carbocycles. The van der Waals surface area contributed by atoms with E-state index in [-0.39, 0.29) is 18.6 Å². The van der Waals surface area contributed by atoms with Crippen LogP contribution in [0.4, 0.5) is 0 Å². The van der Waals surface area contributed by atoms with Gasteiger partial charge >= 0.3 is 0 Å². The number of piperidine rings is 1. The first-order valence-corrected chi connectivity index (χ1v) is 11.2. The number of carbonyl (C=O) groups is 2. The van der Waals surface area contributed by atoms with Gasteiger partial charge in [-0.05, 0) is 60.6 Å². The lowest BCUT2D eigenvalue weighted by molar-refractivity contribution is -0.132. The molecule has 170 valence electrons. The molecule has 0 aromatic heterocycles. The molecule has 2 aliphatic heterocycles. The summed E-state index contributed by atoms with van der Waals surface area (Å²) in [5.74, 6) is 2.72. The zero-order valence-corrected chi connectivity index (χ0v) is 18.5. The molecule has 2 aromatic carbocycles. The van der Waals surface area contributed by atoms with E-state index in [2.05, 4.69) is 5.32 Å². The van der Waals surface area contributed by atoms with E-state index < -0.39 is 0 Å². The zero-order valence-electron chi connectivity index (χ0n) is 18.5. The van der Waals surface area contributed by atoms with Crippen LogP contribution in [0.2, 0.25) is 0 Å². The fourth-order valence-corrected chi connectivity index (χ4v) is 4.27. The number of amides is 2. The predicted molar refractivity (Wildman–Crippen MR) is 120 cm³/mol. The average Bonchev–Trinajstić information content (AvgIpc) is 3.29. The number of carbonyl (C=O) groups excluding carboxylic acids is 2. The number of rotatable bonds is 8. The Morgan fingerprint density at radius 2 is 2.00 bits per heavy atom. The van der Waals surface area contributed by atoms with Gasteiger partial charge in [-0.1, -0.05) is 18.2 Å². The Morgan fingerprint density at radius 1 is 1.12 bits per heavy atom. The molecule has 2 aliphatic rings. The van der Waals surface area contributed by atoms with Crippen molar-refractivity contribution in [1.29, 1.82) is 0 Å². The molecule has 0 bridgehead atoms. The van der Waals surface area contributed by atoms with Crippen molar-refractivity contribution in [3.63, 3.8) is 0 Å². The Morgan fingerprint density at radius 3 is 2.88 bits per heavy atom. The number of hydrogen-bond acceptors (Lipinski definition) is 5. The molecule has 2 heterocycles. The van der Waals surface area contributed by atoms with Gasteiger partial charge in [0.25, 0.3) is 0 Å². The summed E-state index contributed by atoms with van der Waals surface area (Å²) in [6, 6.07) is 13.3. The molecule has 1 atom stereocenters. The Balaban J connectivity index is 1.21. The Kier molecular flexibility index (Phi) is 7.14. The van der Waals surface area contributed by atoms with Crippen LogP contribution in [0.5, 0.6) is 17.2 Å². The summed E-state index contributed by atoms with van der Waals surface area (Å²) in [5.41, 5.74) is 1.94. The van der Waals surface area contributed by atoms with E-state index in [9.17, 15) is 9.59 Å². The lowest BCUT2D eigenvalue weighted by Gasteiger charge is -2.33. The maximum atomic E-state index is 12.8. The molecule has 1 N–H and O–H groups in total. The molecule has 1 saturated heterocycles. The summed E-state index contributed by atoms with van der Waals surface area (Å²) >= 11 is 0. The third-order valence-electron chi connectivity index (χ3n) is 6.07. The Bertz CT molecular complexity index is 961. The fourth-order valence-electron chi connectivity index (χ4n) is 4.27. The van der Waals surface area contributed by atoms with Crippen molar-refractivity contribution < 1.29 is 23.8 Å². The first-order chi connectivity index (χ1) is 15.6. The highest BCUT2D eigenvalue weighted by Crippen LogP contribution is 2.33. The molecule has 2 amide bonds. The monoisotopic (exact) mass is 438 g/mol. The molecule has 7 nitrogen and oxygen atoms in total. The highest BCUT2D eigenvalue weighted by Gasteiger charge is 2.24. The van der Waals surface area contributed by atoms with Crippen molar-refractivity contribution in [2.75, 3.05) is 27.0 Å². The van der Waals surface area contributed by atoms with Crippen LogP contribution in [0.15, 0.2) is 42.5 Å². The van der Waals surface area contributed by atoms with Crippen LogP contribution in [0.1, 0.15) is 36.8 Å². The lowest BCUT2D eigenvalue weighted by Crippen LogP contribution is -2.41. The Labute approximate surface area is 188 Å². The number of nitrogens with zero attached hydrogens (tertiary/aromatic N) is 1. The molecule has 0 unspecified atom stereocenters. The summed E-state index contributed by atoms with van der Waals surface area (Å²) in [5, 5.41) is 2.98. The molecule has 0 spiro atoms. The van der Waals surface area contributed by atoms with Crippen LogP contribution in [0.3, 0.4) is 0 Å². The lowest BCUT2D eigenvalue weighted by atomic mass is 9.93. The highest BCUT2D eigenvalue weighted by atomic mass is 16.7. The number of methoxy groups -OCH3 is 1. The van der Waals surface area contributed by atoms with Crippen LogP contribution < -0.4 is 19.5 Å². The molecule has 0 radical (unpaired) electrons. The maximum absolute atomic E-state index is 12.8. The van der Waals surface area contributed by atoms with Crippen LogP contribution in [0, 0.1) is 5.92 Å². The van der Waals surface area contributed by atoms with Crippen molar-refractivity contribution in [2.45, 2.75) is 38.6 Å². The van der Waals surface area contributed by atoms with E-state index in [4.69, 9.17) is 14.2 Å². The van der Waals surface area contributed by atoms with Gasteiger partial charge in [-0.3, -0.25) is 9.59 Å². The topological polar surface area (TPSA) is 77.1 Å². The Hall–Kier alpha value is -3.22. The van der Waals surface area contributed by atoms with Crippen LogP contribution >= 0.6 is 0 Å². The van der Waals surface area contributed by atoms with Crippen LogP contribution in [0.25, 0.3) is 0 Å². The zero-order chi connectivity index (χ0) is 22.3. The number of benzene rings is 2. The number of ether oxygens (including phenoxy) is 3. The van der Waals surface area contributed by atoms with Crippen molar-refractivity contribution in [3.8, 4) is 17.2 Å². The largest absolute Gasteiger partial charge is 0.497 e. The van der Waals surface area contributed by atoms with Crippen LogP contribution in [-0.2, 0) is 22.6 Å². The summed E-state index contributed by atoms with van der Waals surface area (Å²) < 4.78 is 16.0. The van der Waals surface area contributed by atoms with Gasteiger partial charge in [-0.25, -0.2) is 0 Å². The second-order valence-electron chi connectivity index (χ2n) is 8.38. The first-order valence-electron chi connectivity index (χ1n) is 11.2. The predicted octanol–water partition coefficient (Wildman–Crippen LogP) is 3.30. The van der Waals surface area contributed by atoms with E-state index >= 15 is 0 Å². The second kappa shape index (κ2) is 10.4. The quantitative estimate of drug-likeness (QED) is 0.684. The van der Waals surface area contributed by atoms with Gasteiger partial charge in [0.05, 0.1) is 13.5 Å². The minimum absolute atomic E-state index is 0.0385. The fraction of sp³-hybridized carbons (Fsp3) is 0.440. The van der Waals surface area contributed by atoms with Crippen molar-refractivity contribution in [2.24, 2.45) is 5.92 Å². The van der Waals surface area contributed by atoms with E-state index in [0.717, 1.165) is 48.4 Å². The van der Waals surface area contributed by atoms with E-state index in [1.165, 1.54) is 0 Å². The molecule has 2 aromatic rings. The molecule has 7 heteroatoms. The maximum Gasteiger partial charge on any atom is 0.231 e. The number of nitrogens with one attached hydrogen (secondary N) is 1. The standard InChI is InChI=1S/C25H30N2O5/c1-30-21-6-2-4-20(12-21)15-26-24(28)10-8-18-5-3-11-27(16-18)25(29)14-19-7-9-22-23(13-19)32-17-31-22/h2,4,6-7,9,12-13,18H,3,5,8,10-11,14-17H2,1H3,(H,26,28)/t18-/m0/s1. The van der Waals surface area contributed by atoms with Gasteiger partial charge in [-0.2, -0.15) is 0 Å². The summed E-state index contributed by atoms with van der Waals surface area (Å²) in [4.78, 5) is 27.1. The van der Waals surface area contributed by atoms with E-state index in [1.807, 2.05) is 47.4 Å². The molecule has 1 fully saturated rings. The van der Waals surface area contributed by atoms with Gasteiger partial charge in [0.15, 0.2) is 11.5 Å². The number of fused-ring (bicyclic) bond motifs is 1. The van der Waals surface area contributed by atoms with Crippen molar-refractivity contribution in [3.05, 3.63) is 53.6 Å². The van der Waals surface area contributed by atoms with Gasteiger partial charge in [0.2, 0.25) is 18.6 Å². The molecular weight excluding hydrogens is 408 g/mol. The minimum atomic E-state index is 0.0385. The minimum Gasteiger partial charge on any atom is -0.497 e. The third kappa shape index (κ3) is 5.72. The SMILES string of the molecule is COc1cccc(CNC(=O)CC[C@@H]2CCCN(C(=O)Cc3ccc4c(c3)OCO4)C2)c1. The molecule has 0 aliphatic carbocycles. The summed E-state index contributed by atoms with van der Waals surface area (Å²) in [6.07, 6.45) is 3.64. The van der Waals surface area contributed by atoms with Crippen molar-refractivity contribution in [1.82, 2.24) is 10.2 Å². The summed E-state index contributed by atoms with van der Waals surface area (Å²) in [7, 11) is 1.63. The van der Waals surface area contributed by atoms with E-state index in [1.54, 1.807) is 7.11 Å². The molecule has 32 heavy (non-hydrogen) atoms. The van der Waals surface area contributed by atoms with Crippen molar-refractivity contribution >= 4 is 11.8 Å². The highest BCUT2D eigenvalue weighted by molar-refractivity contribution is 5.79. The molecular formula is C25H30N2O5.